The van der Waals surface area contributed by atoms with Gasteiger partial charge in [0, 0.05) is 18.0 Å². The third-order valence-electron chi connectivity index (χ3n) is 6.61. The third-order valence-corrected chi connectivity index (χ3v) is 6.98. The molecule has 0 aliphatic rings. The molecule has 214 valence electrons. The molecule has 0 spiro atoms. The zero-order valence-electron chi connectivity index (χ0n) is 24.5. The standard InChI is InChI=1S/C31H45N3O4S/c1-8-9-10-13-19-34(29(36)26(20-39)33-30(37)38-31(5,6)7)27(24-17-14-16-21(2)23(24)4)28(35)32-25-18-12-11-15-22(25)3/h11-12,14-18,26-27,39H,8-10,13,19-20H2,1-7H3,(H,32,35)(H,33,37). The summed E-state index contributed by atoms with van der Waals surface area (Å²) in [6.45, 7) is 13.6. The van der Waals surface area contributed by atoms with Crippen LogP contribution in [0.2, 0.25) is 0 Å². The van der Waals surface area contributed by atoms with Crippen molar-refractivity contribution >= 4 is 36.2 Å². The monoisotopic (exact) mass is 555 g/mol. The van der Waals surface area contributed by atoms with Crippen LogP contribution in [0.25, 0.3) is 0 Å². The number of hydrogen-bond acceptors (Lipinski definition) is 5. The zero-order chi connectivity index (χ0) is 29.2. The molecule has 8 heteroatoms. The molecule has 2 rings (SSSR count). The number of carbonyl (C=O) groups is 3. The molecule has 2 aromatic rings. The maximum Gasteiger partial charge on any atom is 0.408 e. The Kier molecular flexibility index (Phi) is 12.4. The lowest BCUT2D eigenvalue weighted by atomic mass is 9.94. The van der Waals surface area contributed by atoms with Crippen molar-refractivity contribution in [3.8, 4) is 0 Å². The number of amides is 3. The summed E-state index contributed by atoms with van der Waals surface area (Å²) < 4.78 is 5.40. The van der Waals surface area contributed by atoms with E-state index in [0.717, 1.165) is 47.9 Å². The van der Waals surface area contributed by atoms with Gasteiger partial charge in [0.15, 0.2) is 0 Å². The van der Waals surface area contributed by atoms with Gasteiger partial charge in [-0.15, -0.1) is 0 Å². The van der Waals surface area contributed by atoms with Crippen LogP contribution in [0.4, 0.5) is 10.5 Å². The number of rotatable bonds is 12. The van der Waals surface area contributed by atoms with Crippen LogP contribution in [0.5, 0.6) is 0 Å². The molecule has 0 aromatic heterocycles. The van der Waals surface area contributed by atoms with Gasteiger partial charge in [-0.3, -0.25) is 9.59 Å². The number of carbonyl (C=O) groups excluding carboxylic acids is 3. The number of hydrogen-bond donors (Lipinski definition) is 3. The van der Waals surface area contributed by atoms with E-state index in [1.54, 1.807) is 25.7 Å². The minimum absolute atomic E-state index is 0.0580. The van der Waals surface area contributed by atoms with Crippen LogP contribution in [-0.2, 0) is 14.3 Å². The van der Waals surface area contributed by atoms with Gasteiger partial charge >= 0.3 is 6.09 Å². The number of anilines is 1. The first kappa shape index (κ1) is 32.2. The Morgan fingerprint density at radius 2 is 1.62 bits per heavy atom. The maximum atomic E-state index is 14.1. The van der Waals surface area contributed by atoms with Crippen LogP contribution in [0, 0.1) is 20.8 Å². The predicted molar refractivity (Wildman–Crippen MR) is 161 cm³/mol. The summed E-state index contributed by atoms with van der Waals surface area (Å²) in [4.78, 5) is 42.3. The first-order valence-corrected chi connectivity index (χ1v) is 14.4. The van der Waals surface area contributed by atoms with E-state index in [4.69, 9.17) is 4.74 Å². The molecular formula is C31H45N3O4S. The van der Waals surface area contributed by atoms with Gasteiger partial charge in [-0.25, -0.2) is 4.79 Å². The van der Waals surface area contributed by atoms with E-state index in [0.29, 0.717) is 12.2 Å². The third kappa shape index (κ3) is 9.60. The average molecular weight is 556 g/mol. The molecule has 0 fully saturated rings. The Morgan fingerprint density at radius 3 is 2.23 bits per heavy atom. The largest absolute Gasteiger partial charge is 0.444 e. The van der Waals surface area contributed by atoms with E-state index in [-0.39, 0.29) is 17.6 Å². The van der Waals surface area contributed by atoms with Crippen molar-refractivity contribution in [2.45, 2.75) is 91.8 Å². The summed E-state index contributed by atoms with van der Waals surface area (Å²) in [6.07, 6.45) is 3.02. The number of para-hydroxylation sites is 1. The molecule has 2 N–H and O–H groups in total. The van der Waals surface area contributed by atoms with Crippen molar-refractivity contribution in [2.24, 2.45) is 0 Å². The van der Waals surface area contributed by atoms with Crippen molar-refractivity contribution in [3.63, 3.8) is 0 Å². The normalized spacial score (nSPS) is 12.8. The summed E-state index contributed by atoms with van der Waals surface area (Å²) in [5.41, 5.74) is 3.61. The molecule has 0 heterocycles. The summed E-state index contributed by atoms with van der Waals surface area (Å²) in [5.74, 6) is -0.627. The fourth-order valence-corrected chi connectivity index (χ4v) is 4.59. The molecule has 3 amide bonds. The van der Waals surface area contributed by atoms with Crippen LogP contribution in [0.1, 0.15) is 81.7 Å². The molecule has 2 atom stereocenters. The van der Waals surface area contributed by atoms with Gasteiger partial charge in [0.05, 0.1) is 0 Å². The molecule has 7 nitrogen and oxygen atoms in total. The quantitative estimate of drug-likeness (QED) is 0.205. The number of ether oxygens (including phenoxy) is 1. The van der Waals surface area contributed by atoms with E-state index in [9.17, 15) is 14.4 Å². The molecular weight excluding hydrogens is 510 g/mol. The number of aryl methyl sites for hydroxylation is 2. The second-order valence-electron chi connectivity index (χ2n) is 11.0. The van der Waals surface area contributed by atoms with Crippen molar-refractivity contribution < 1.29 is 19.1 Å². The van der Waals surface area contributed by atoms with E-state index in [1.807, 2.05) is 63.2 Å². The van der Waals surface area contributed by atoms with Crippen LogP contribution in [0.3, 0.4) is 0 Å². The van der Waals surface area contributed by atoms with Crippen molar-refractivity contribution in [3.05, 3.63) is 64.7 Å². The van der Waals surface area contributed by atoms with E-state index >= 15 is 0 Å². The van der Waals surface area contributed by atoms with Crippen molar-refractivity contribution in [2.75, 3.05) is 17.6 Å². The first-order chi connectivity index (χ1) is 18.4. The van der Waals surface area contributed by atoms with Crippen LogP contribution >= 0.6 is 12.6 Å². The number of nitrogens with zero attached hydrogens (tertiary/aromatic N) is 1. The molecule has 39 heavy (non-hydrogen) atoms. The van der Waals surface area contributed by atoms with Crippen molar-refractivity contribution in [1.29, 1.82) is 0 Å². The van der Waals surface area contributed by atoms with Crippen LogP contribution in [-0.4, -0.2) is 46.7 Å². The van der Waals surface area contributed by atoms with Crippen LogP contribution in [0.15, 0.2) is 42.5 Å². The molecule has 0 aliphatic carbocycles. The van der Waals surface area contributed by atoms with Gasteiger partial charge < -0.3 is 20.3 Å². The van der Waals surface area contributed by atoms with Gasteiger partial charge in [0.2, 0.25) is 5.91 Å². The first-order valence-electron chi connectivity index (χ1n) is 13.7. The number of alkyl carbamates (subject to hydrolysis) is 1. The average Bonchev–Trinajstić information content (AvgIpc) is 2.86. The van der Waals surface area contributed by atoms with Gasteiger partial charge in [0.1, 0.15) is 17.7 Å². The molecule has 0 aliphatic heterocycles. The fraction of sp³-hybridized carbons (Fsp3) is 0.516. The van der Waals surface area contributed by atoms with Gasteiger partial charge in [-0.2, -0.15) is 12.6 Å². The Bertz CT molecular complexity index is 1130. The number of benzene rings is 2. The van der Waals surface area contributed by atoms with Crippen molar-refractivity contribution in [1.82, 2.24) is 10.2 Å². The Labute approximate surface area is 239 Å². The molecule has 0 saturated carbocycles. The Hall–Kier alpha value is -3.00. The lowest BCUT2D eigenvalue weighted by Crippen LogP contribution is -2.53. The summed E-state index contributed by atoms with van der Waals surface area (Å²) >= 11 is 4.38. The van der Waals surface area contributed by atoms with Gasteiger partial charge in [-0.05, 0) is 76.3 Å². The molecule has 0 radical (unpaired) electrons. The van der Waals surface area contributed by atoms with Crippen LogP contribution < -0.4 is 10.6 Å². The highest BCUT2D eigenvalue weighted by molar-refractivity contribution is 7.80. The minimum Gasteiger partial charge on any atom is -0.444 e. The SMILES string of the molecule is CCCCCCN(C(=O)C(CS)NC(=O)OC(C)(C)C)C(C(=O)Nc1ccccc1C)c1cccc(C)c1C. The zero-order valence-corrected chi connectivity index (χ0v) is 25.4. The fourth-order valence-electron chi connectivity index (χ4n) is 4.35. The highest BCUT2D eigenvalue weighted by Gasteiger charge is 2.36. The highest BCUT2D eigenvalue weighted by atomic mass is 32.1. The number of thiol groups is 1. The molecule has 0 saturated heterocycles. The molecule has 2 aromatic carbocycles. The molecule has 2 unspecified atom stereocenters. The minimum atomic E-state index is -0.965. The van der Waals surface area contributed by atoms with Gasteiger partial charge in [0.25, 0.3) is 5.91 Å². The summed E-state index contributed by atoms with van der Waals surface area (Å²) in [7, 11) is 0. The second-order valence-corrected chi connectivity index (χ2v) is 11.3. The van der Waals surface area contributed by atoms with E-state index in [1.165, 1.54) is 0 Å². The molecule has 0 bridgehead atoms. The predicted octanol–water partition coefficient (Wildman–Crippen LogP) is 6.52. The maximum absolute atomic E-state index is 14.1. The topological polar surface area (TPSA) is 87.7 Å². The number of unbranched alkanes of at least 4 members (excludes halogenated alkanes) is 3. The smallest absolute Gasteiger partial charge is 0.408 e. The number of nitrogens with one attached hydrogen (secondary N) is 2. The Balaban J connectivity index is 2.54. The van der Waals surface area contributed by atoms with E-state index in [2.05, 4.69) is 30.2 Å². The lowest BCUT2D eigenvalue weighted by Gasteiger charge is -2.35. The second kappa shape index (κ2) is 15.0. The summed E-state index contributed by atoms with van der Waals surface area (Å²) in [5, 5.41) is 5.73. The van der Waals surface area contributed by atoms with E-state index < -0.39 is 23.8 Å². The Morgan fingerprint density at radius 1 is 0.949 bits per heavy atom. The van der Waals surface area contributed by atoms with Gasteiger partial charge in [-0.1, -0.05) is 62.6 Å². The lowest BCUT2D eigenvalue weighted by molar-refractivity contribution is -0.140. The summed E-state index contributed by atoms with van der Waals surface area (Å²) in [6, 6.07) is 11.5. The highest BCUT2D eigenvalue weighted by Crippen LogP contribution is 2.29.